The SMILES string of the molecule is CC(C)[C@H]1OC[C@H](N(Cc2ccccc2)C(=O)O)CO1. The molecule has 5 nitrogen and oxygen atoms in total. The molecule has 0 bridgehead atoms. The van der Waals surface area contributed by atoms with E-state index in [1.165, 1.54) is 4.90 Å². The van der Waals surface area contributed by atoms with Gasteiger partial charge in [0.15, 0.2) is 6.29 Å². The van der Waals surface area contributed by atoms with E-state index in [-0.39, 0.29) is 18.2 Å². The lowest BCUT2D eigenvalue weighted by atomic mass is 10.1. The second-order valence-corrected chi connectivity index (χ2v) is 5.33. The van der Waals surface area contributed by atoms with Crippen molar-refractivity contribution in [2.24, 2.45) is 5.92 Å². The third-order valence-corrected chi connectivity index (χ3v) is 3.33. The van der Waals surface area contributed by atoms with E-state index >= 15 is 0 Å². The molecule has 1 fully saturated rings. The summed E-state index contributed by atoms with van der Waals surface area (Å²) in [6.07, 6.45) is -1.19. The lowest BCUT2D eigenvalue weighted by Crippen LogP contribution is -2.50. The molecule has 1 aromatic carbocycles. The summed E-state index contributed by atoms with van der Waals surface area (Å²) >= 11 is 0. The summed E-state index contributed by atoms with van der Waals surface area (Å²) in [4.78, 5) is 12.8. The quantitative estimate of drug-likeness (QED) is 0.920. The number of amides is 1. The maximum Gasteiger partial charge on any atom is 0.408 e. The minimum absolute atomic E-state index is 0.237. The summed E-state index contributed by atoms with van der Waals surface area (Å²) in [5, 5.41) is 9.38. The molecule has 0 atom stereocenters. The van der Waals surface area contributed by atoms with Crippen molar-refractivity contribution in [2.45, 2.75) is 32.7 Å². The molecule has 1 saturated heterocycles. The third-order valence-electron chi connectivity index (χ3n) is 3.33. The Morgan fingerprint density at radius 1 is 1.30 bits per heavy atom. The Morgan fingerprint density at radius 3 is 2.40 bits per heavy atom. The number of hydrogen-bond donors (Lipinski definition) is 1. The summed E-state index contributed by atoms with van der Waals surface area (Å²) in [7, 11) is 0. The number of hydrogen-bond acceptors (Lipinski definition) is 3. The van der Waals surface area contributed by atoms with Gasteiger partial charge in [-0.1, -0.05) is 44.2 Å². The highest BCUT2D eigenvalue weighted by molar-refractivity contribution is 5.65. The molecule has 1 N–H and O–H groups in total. The van der Waals surface area contributed by atoms with Crippen LogP contribution in [0.3, 0.4) is 0 Å². The third kappa shape index (κ3) is 3.71. The maximum atomic E-state index is 11.4. The molecule has 0 spiro atoms. The van der Waals surface area contributed by atoms with Gasteiger partial charge in [-0.3, -0.25) is 4.90 Å². The summed E-state index contributed by atoms with van der Waals surface area (Å²) in [5.74, 6) is 0.267. The number of benzene rings is 1. The number of rotatable bonds is 4. The number of carboxylic acid groups (broad SMARTS) is 1. The fourth-order valence-electron chi connectivity index (χ4n) is 2.21. The molecule has 1 aromatic rings. The molecule has 0 radical (unpaired) electrons. The molecule has 1 heterocycles. The number of carbonyl (C=O) groups is 1. The molecule has 1 aliphatic heterocycles. The monoisotopic (exact) mass is 279 g/mol. The number of nitrogens with zero attached hydrogens (tertiary/aromatic N) is 1. The van der Waals surface area contributed by atoms with Gasteiger partial charge in [-0.15, -0.1) is 0 Å². The van der Waals surface area contributed by atoms with E-state index in [2.05, 4.69) is 0 Å². The normalized spacial score (nSPS) is 22.8. The first-order chi connectivity index (χ1) is 9.58. The Morgan fingerprint density at radius 2 is 1.90 bits per heavy atom. The Labute approximate surface area is 119 Å². The summed E-state index contributed by atoms with van der Waals surface area (Å²) in [5.41, 5.74) is 0.959. The topological polar surface area (TPSA) is 59.0 Å². The van der Waals surface area contributed by atoms with E-state index in [0.29, 0.717) is 19.8 Å². The van der Waals surface area contributed by atoms with Crippen LogP contribution in [-0.2, 0) is 16.0 Å². The minimum Gasteiger partial charge on any atom is -0.465 e. The summed E-state index contributed by atoms with van der Waals surface area (Å²) in [6.45, 7) is 5.14. The first-order valence-corrected chi connectivity index (χ1v) is 6.84. The zero-order valence-electron chi connectivity index (χ0n) is 11.9. The molecule has 2 rings (SSSR count). The molecule has 1 amide bonds. The van der Waals surface area contributed by atoms with Gasteiger partial charge in [0.25, 0.3) is 0 Å². The second-order valence-electron chi connectivity index (χ2n) is 5.33. The standard InChI is InChI=1S/C15H21NO4/c1-11(2)14-19-9-13(10-20-14)16(15(17)18)8-12-6-4-3-5-7-12/h3-7,11,13-14H,8-10H2,1-2H3,(H,17,18)/t13-,14-. The van der Waals surface area contributed by atoms with Crippen molar-refractivity contribution in [1.82, 2.24) is 4.90 Å². The van der Waals surface area contributed by atoms with Gasteiger partial charge in [-0.2, -0.15) is 0 Å². The summed E-state index contributed by atoms with van der Waals surface area (Å²) < 4.78 is 11.2. The zero-order valence-corrected chi connectivity index (χ0v) is 11.9. The van der Waals surface area contributed by atoms with Crippen LogP contribution in [0.15, 0.2) is 30.3 Å². The minimum atomic E-state index is -0.950. The largest absolute Gasteiger partial charge is 0.465 e. The van der Waals surface area contributed by atoms with Crippen molar-refractivity contribution >= 4 is 6.09 Å². The van der Waals surface area contributed by atoms with Gasteiger partial charge >= 0.3 is 6.09 Å². The van der Waals surface area contributed by atoms with Gasteiger partial charge in [-0.05, 0) is 5.56 Å². The van der Waals surface area contributed by atoms with E-state index in [4.69, 9.17) is 9.47 Å². The maximum absolute atomic E-state index is 11.4. The Balaban J connectivity index is 1.98. The van der Waals surface area contributed by atoms with E-state index in [9.17, 15) is 9.90 Å². The predicted molar refractivity (Wildman–Crippen MR) is 74.3 cm³/mol. The van der Waals surface area contributed by atoms with E-state index < -0.39 is 6.09 Å². The smallest absolute Gasteiger partial charge is 0.408 e. The average Bonchev–Trinajstić information content (AvgIpc) is 2.45. The first kappa shape index (κ1) is 14.8. The van der Waals surface area contributed by atoms with E-state index in [1.807, 2.05) is 44.2 Å². The molecule has 0 aromatic heterocycles. The van der Waals surface area contributed by atoms with Crippen molar-refractivity contribution in [3.8, 4) is 0 Å². The Hall–Kier alpha value is -1.59. The highest BCUT2D eigenvalue weighted by Crippen LogP contribution is 2.18. The Kier molecular flexibility index (Phi) is 4.98. The molecular formula is C15H21NO4. The van der Waals surface area contributed by atoms with Crippen molar-refractivity contribution < 1.29 is 19.4 Å². The molecule has 0 saturated carbocycles. The van der Waals surface area contributed by atoms with Crippen LogP contribution in [0.5, 0.6) is 0 Å². The summed E-state index contributed by atoms with van der Waals surface area (Å²) in [6, 6.07) is 9.28. The molecular weight excluding hydrogens is 258 g/mol. The molecule has 1 aliphatic rings. The van der Waals surface area contributed by atoms with E-state index in [0.717, 1.165) is 5.56 Å². The van der Waals surface area contributed by atoms with Crippen LogP contribution in [0.25, 0.3) is 0 Å². The highest BCUT2D eigenvalue weighted by atomic mass is 16.7. The van der Waals surface area contributed by atoms with Crippen LogP contribution >= 0.6 is 0 Å². The van der Waals surface area contributed by atoms with Gasteiger partial charge in [0.1, 0.15) is 0 Å². The average molecular weight is 279 g/mol. The van der Waals surface area contributed by atoms with Crippen molar-refractivity contribution in [3.63, 3.8) is 0 Å². The first-order valence-electron chi connectivity index (χ1n) is 6.84. The van der Waals surface area contributed by atoms with Crippen molar-refractivity contribution in [2.75, 3.05) is 13.2 Å². The molecule has 20 heavy (non-hydrogen) atoms. The van der Waals surface area contributed by atoms with Gasteiger partial charge in [-0.25, -0.2) is 4.79 Å². The predicted octanol–water partition coefficient (Wildman–Crippen LogP) is 2.56. The van der Waals surface area contributed by atoms with Crippen LogP contribution in [-0.4, -0.2) is 41.6 Å². The van der Waals surface area contributed by atoms with Crippen LogP contribution in [0, 0.1) is 5.92 Å². The zero-order chi connectivity index (χ0) is 14.5. The lowest BCUT2D eigenvalue weighted by Gasteiger charge is -2.36. The van der Waals surface area contributed by atoms with Gasteiger partial charge in [0, 0.05) is 12.5 Å². The fraction of sp³-hybridized carbons (Fsp3) is 0.533. The molecule has 0 unspecified atom stereocenters. The molecule has 0 aliphatic carbocycles. The second kappa shape index (κ2) is 6.72. The van der Waals surface area contributed by atoms with Crippen LogP contribution in [0.1, 0.15) is 19.4 Å². The van der Waals surface area contributed by atoms with Crippen LogP contribution in [0.4, 0.5) is 4.79 Å². The van der Waals surface area contributed by atoms with Gasteiger partial charge in [0.05, 0.1) is 19.3 Å². The molecule has 110 valence electrons. The molecule has 5 heteroatoms. The highest BCUT2D eigenvalue weighted by Gasteiger charge is 2.31. The Bertz CT molecular complexity index is 427. The van der Waals surface area contributed by atoms with Crippen molar-refractivity contribution in [3.05, 3.63) is 35.9 Å². The van der Waals surface area contributed by atoms with Crippen molar-refractivity contribution in [1.29, 1.82) is 0 Å². The lowest BCUT2D eigenvalue weighted by molar-refractivity contribution is -0.220. The van der Waals surface area contributed by atoms with Gasteiger partial charge in [0.2, 0.25) is 0 Å². The number of ether oxygens (including phenoxy) is 2. The fourth-order valence-corrected chi connectivity index (χ4v) is 2.21. The van der Waals surface area contributed by atoms with Crippen LogP contribution < -0.4 is 0 Å². The van der Waals surface area contributed by atoms with Crippen LogP contribution in [0.2, 0.25) is 0 Å². The van der Waals surface area contributed by atoms with E-state index in [1.54, 1.807) is 0 Å². The van der Waals surface area contributed by atoms with Gasteiger partial charge < -0.3 is 14.6 Å².